The van der Waals surface area contributed by atoms with Gasteiger partial charge in [-0.2, -0.15) is 0 Å². The van der Waals surface area contributed by atoms with Gasteiger partial charge in [0.25, 0.3) is 0 Å². The molecule has 0 amide bonds. The SMILES string of the molecule is Cc1ccc(C(Cl)CCC(=O)O)cc1F. The van der Waals surface area contributed by atoms with Gasteiger partial charge in [0, 0.05) is 6.42 Å². The maximum atomic E-state index is 13.2. The molecule has 1 unspecified atom stereocenters. The summed E-state index contributed by atoms with van der Waals surface area (Å²) in [4.78, 5) is 10.3. The molecule has 0 heterocycles. The molecule has 2 nitrogen and oxygen atoms in total. The molecule has 0 aliphatic carbocycles. The van der Waals surface area contributed by atoms with Crippen LogP contribution in [0.1, 0.15) is 29.3 Å². The Labute approximate surface area is 92.7 Å². The Morgan fingerprint density at radius 3 is 2.80 bits per heavy atom. The zero-order valence-corrected chi connectivity index (χ0v) is 9.09. The molecule has 1 aromatic rings. The van der Waals surface area contributed by atoms with Crippen LogP contribution in [0, 0.1) is 12.7 Å². The minimum Gasteiger partial charge on any atom is -0.481 e. The topological polar surface area (TPSA) is 37.3 Å². The second-order valence-corrected chi connectivity index (χ2v) is 3.94. The van der Waals surface area contributed by atoms with Crippen LogP contribution in [-0.4, -0.2) is 11.1 Å². The summed E-state index contributed by atoms with van der Waals surface area (Å²) in [5, 5.41) is 8.03. The van der Waals surface area contributed by atoms with Gasteiger partial charge in [-0.1, -0.05) is 12.1 Å². The molecule has 4 heteroatoms. The molecule has 0 aliphatic rings. The molecule has 15 heavy (non-hydrogen) atoms. The van der Waals surface area contributed by atoms with E-state index in [1.807, 2.05) is 0 Å². The number of halogens is 2. The van der Waals surface area contributed by atoms with Crippen LogP contribution < -0.4 is 0 Å². The van der Waals surface area contributed by atoms with E-state index in [-0.39, 0.29) is 12.2 Å². The highest BCUT2D eigenvalue weighted by Crippen LogP contribution is 2.26. The van der Waals surface area contributed by atoms with Gasteiger partial charge in [-0.05, 0) is 30.5 Å². The number of hydrogen-bond donors (Lipinski definition) is 1. The maximum absolute atomic E-state index is 13.2. The van der Waals surface area contributed by atoms with E-state index in [1.54, 1.807) is 19.1 Å². The molecule has 0 saturated carbocycles. The lowest BCUT2D eigenvalue weighted by Gasteiger charge is -2.09. The van der Waals surface area contributed by atoms with E-state index in [0.29, 0.717) is 17.5 Å². The van der Waals surface area contributed by atoms with Crippen LogP contribution in [0.2, 0.25) is 0 Å². The monoisotopic (exact) mass is 230 g/mol. The number of carboxylic acid groups (broad SMARTS) is 1. The second kappa shape index (κ2) is 5.12. The summed E-state index contributed by atoms with van der Waals surface area (Å²) < 4.78 is 13.2. The highest BCUT2D eigenvalue weighted by atomic mass is 35.5. The van der Waals surface area contributed by atoms with Crippen LogP contribution in [0.4, 0.5) is 4.39 Å². The fourth-order valence-electron chi connectivity index (χ4n) is 1.22. The molecule has 0 aliphatic heterocycles. The summed E-state index contributed by atoms with van der Waals surface area (Å²) in [5.41, 5.74) is 1.18. The quantitative estimate of drug-likeness (QED) is 0.806. The van der Waals surface area contributed by atoms with Gasteiger partial charge in [0.05, 0.1) is 5.38 Å². The Balaban J connectivity index is 2.69. The number of rotatable bonds is 4. The molecule has 0 bridgehead atoms. The maximum Gasteiger partial charge on any atom is 0.303 e. The van der Waals surface area contributed by atoms with E-state index < -0.39 is 11.3 Å². The molecular weight excluding hydrogens is 219 g/mol. The van der Waals surface area contributed by atoms with Crippen molar-refractivity contribution >= 4 is 17.6 Å². The molecule has 0 fully saturated rings. The van der Waals surface area contributed by atoms with Crippen molar-refractivity contribution in [3.63, 3.8) is 0 Å². The van der Waals surface area contributed by atoms with E-state index >= 15 is 0 Å². The minimum atomic E-state index is -0.895. The van der Waals surface area contributed by atoms with Crippen molar-refractivity contribution in [3.8, 4) is 0 Å². The van der Waals surface area contributed by atoms with Crippen molar-refractivity contribution < 1.29 is 14.3 Å². The first kappa shape index (κ1) is 12.0. The molecule has 0 radical (unpaired) electrons. The molecule has 1 rings (SSSR count). The summed E-state index contributed by atoms with van der Waals surface area (Å²) in [5.74, 6) is -1.21. The predicted octanol–water partition coefficient (Wildman–Crippen LogP) is 3.28. The first-order valence-electron chi connectivity index (χ1n) is 4.62. The van der Waals surface area contributed by atoms with E-state index in [9.17, 15) is 9.18 Å². The lowest BCUT2D eigenvalue weighted by atomic mass is 10.1. The van der Waals surface area contributed by atoms with Gasteiger partial charge < -0.3 is 5.11 Å². The third kappa shape index (κ3) is 3.51. The van der Waals surface area contributed by atoms with Crippen LogP contribution in [0.25, 0.3) is 0 Å². The summed E-state index contributed by atoms with van der Waals surface area (Å²) in [6.45, 7) is 1.67. The zero-order valence-electron chi connectivity index (χ0n) is 8.34. The Morgan fingerprint density at radius 1 is 1.60 bits per heavy atom. The summed E-state index contributed by atoms with van der Waals surface area (Å²) in [6.07, 6.45) is 0.295. The van der Waals surface area contributed by atoms with E-state index in [2.05, 4.69) is 0 Å². The van der Waals surface area contributed by atoms with Crippen LogP contribution in [0.15, 0.2) is 18.2 Å². The molecule has 1 atom stereocenters. The Morgan fingerprint density at radius 2 is 2.27 bits per heavy atom. The third-order valence-electron chi connectivity index (χ3n) is 2.17. The van der Waals surface area contributed by atoms with Crippen molar-refractivity contribution in [2.75, 3.05) is 0 Å². The fourth-order valence-corrected chi connectivity index (χ4v) is 1.47. The zero-order chi connectivity index (χ0) is 11.4. The van der Waals surface area contributed by atoms with Gasteiger partial charge in [-0.25, -0.2) is 4.39 Å². The Kier molecular flexibility index (Phi) is 4.09. The highest BCUT2D eigenvalue weighted by Gasteiger charge is 2.11. The fraction of sp³-hybridized carbons (Fsp3) is 0.364. The summed E-state index contributed by atoms with van der Waals surface area (Å²) in [6, 6.07) is 4.72. The number of carboxylic acids is 1. The number of alkyl halides is 1. The molecule has 0 spiro atoms. The van der Waals surface area contributed by atoms with Crippen molar-refractivity contribution in [2.45, 2.75) is 25.1 Å². The van der Waals surface area contributed by atoms with E-state index in [1.165, 1.54) is 6.07 Å². The number of hydrogen-bond acceptors (Lipinski definition) is 1. The smallest absolute Gasteiger partial charge is 0.303 e. The molecule has 82 valence electrons. The van der Waals surface area contributed by atoms with Crippen LogP contribution in [-0.2, 0) is 4.79 Å². The highest BCUT2D eigenvalue weighted by molar-refractivity contribution is 6.20. The Bertz CT molecular complexity index is 366. The van der Waals surface area contributed by atoms with Crippen molar-refractivity contribution in [3.05, 3.63) is 35.1 Å². The van der Waals surface area contributed by atoms with Crippen LogP contribution >= 0.6 is 11.6 Å². The van der Waals surface area contributed by atoms with Gasteiger partial charge in [0.1, 0.15) is 5.82 Å². The lowest BCUT2D eigenvalue weighted by Crippen LogP contribution is -1.99. The summed E-state index contributed by atoms with van der Waals surface area (Å²) in [7, 11) is 0. The van der Waals surface area contributed by atoms with Gasteiger partial charge >= 0.3 is 5.97 Å². The van der Waals surface area contributed by atoms with E-state index in [4.69, 9.17) is 16.7 Å². The molecule has 1 N–H and O–H groups in total. The normalized spacial score (nSPS) is 12.5. The van der Waals surface area contributed by atoms with Crippen LogP contribution in [0.3, 0.4) is 0 Å². The number of aliphatic carboxylic acids is 1. The first-order valence-corrected chi connectivity index (χ1v) is 5.06. The standard InChI is InChI=1S/C11H12ClFO2/c1-7-2-3-8(6-10(7)13)9(12)4-5-11(14)15/h2-3,6,9H,4-5H2,1H3,(H,14,15). The van der Waals surface area contributed by atoms with E-state index in [0.717, 1.165) is 0 Å². The molecule has 0 aromatic heterocycles. The number of carbonyl (C=O) groups is 1. The average Bonchev–Trinajstić information content (AvgIpc) is 2.18. The van der Waals surface area contributed by atoms with Crippen molar-refractivity contribution in [1.82, 2.24) is 0 Å². The minimum absolute atomic E-state index is 0.0103. The van der Waals surface area contributed by atoms with Crippen molar-refractivity contribution in [2.24, 2.45) is 0 Å². The largest absolute Gasteiger partial charge is 0.481 e. The second-order valence-electron chi connectivity index (χ2n) is 3.41. The number of benzene rings is 1. The van der Waals surface area contributed by atoms with Gasteiger partial charge in [-0.15, -0.1) is 11.6 Å². The number of aryl methyl sites for hydroxylation is 1. The van der Waals surface area contributed by atoms with Gasteiger partial charge in [0.15, 0.2) is 0 Å². The van der Waals surface area contributed by atoms with Crippen LogP contribution in [0.5, 0.6) is 0 Å². The average molecular weight is 231 g/mol. The predicted molar refractivity (Wildman–Crippen MR) is 56.6 cm³/mol. The Hall–Kier alpha value is -1.09. The van der Waals surface area contributed by atoms with Crippen molar-refractivity contribution in [1.29, 1.82) is 0 Å². The first-order chi connectivity index (χ1) is 7.00. The third-order valence-corrected chi connectivity index (χ3v) is 2.64. The molecular formula is C11H12ClFO2. The molecule has 0 saturated heterocycles. The van der Waals surface area contributed by atoms with Gasteiger partial charge in [-0.3, -0.25) is 4.79 Å². The molecule has 1 aromatic carbocycles. The lowest BCUT2D eigenvalue weighted by molar-refractivity contribution is -0.137. The van der Waals surface area contributed by atoms with Gasteiger partial charge in [0.2, 0.25) is 0 Å². The summed E-state index contributed by atoms with van der Waals surface area (Å²) >= 11 is 5.94.